The lowest BCUT2D eigenvalue weighted by Crippen LogP contribution is -2.41. The number of morpholine rings is 1. The van der Waals surface area contributed by atoms with Crippen molar-refractivity contribution in [3.8, 4) is 17.5 Å². The molecule has 0 spiro atoms. The average Bonchev–Trinajstić information content (AvgIpc) is 3.19. The summed E-state index contributed by atoms with van der Waals surface area (Å²) in [5.74, 6) is 0.865. The second-order valence-corrected chi connectivity index (χ2v) is 7.13. The molecule has 0 radical (unpaired) electrons. The van der Waals surface area contributed by atoms with Crippen LogP contribution in [0, 0.1) is 18.3 Å². The molecule has 148 valence electrons. The van der Waals surface area contributed by atoms with Crippen molar-refractivity contribution in [2.24, 2.45) is 0 Å². The van der Waals surface area contributed by atoms with Crippen molar-refractivity contribution in [1.29, 1.82) is 5.26 Å². The number of aromatic nitrogens is 1. The largest absolute Gasteiger partial charge is 0.419 e. The molecule has 1 aliphatic heterocycles. The van der Waals surface area contributed by atoms with Gasteiger partial charge in [0.2, 0.25) is 17.5 Å². The van der Waals surface area contributed by atoms with Gasteiger partial charge in [0.25, 0.3) is 0 Å². The first-order valence-electron chi connectivity index (χ1n) is 9.83. The summed E-state index contributed by atoms with van der Waals surface area (Å²) in [5.41, 5.74) is 3.51. The fourth-order valence-corrected chi connectivity index (χ4v) is 3.55. The molecule has 4 rings (SSSR count). The van der Waals surface area contributed by atoms with Crippen LogP contribution >= 0.6 is 0 Å². The number of nitrogens with zero attached hydrogens (tertiary/aromatic N) is 3. The van der Waals surface area contributed by atoms with E-state index >= 15 is 0 Å². The fraction of sp³-hybridized carbons (Fsp3) is 0.304. The molecule has 6 nitrogen and oxygen atoms in total. The molecule has 1 aliphatic rings. The number of hydrogen-bond donors (Lipinski definition) is 1. The lowest BCUT2D eigenvalue weighted by Gasteiger charge is -2.34. The van der Waals surface area contributed by atoms with Crippen molar-refractivity contribution in [2.45, 2.75) is 13.0 Å². The predicted octanol–water partition coefficient (Wildman–Crippen LogP) is 4.01. The molecule has 1 fully saturated rings. The summed E-state index contributed by atoms with van der Waals surface area (Å²) in [6.45, 7) is 5.84. The van der Waals surface area contributed by atoms with Crippen LogP contribution in [0.4, 0.5) is 5.88 Å². The molecule has 0 aliphatic carbocycles. The summed E-state index contributed by atoms with van der Waals surface area (Å²) >= 11 is 0. The maximum atomic E-state index is 9.51. The van der Waals surface area contributed by atoms with Crippen LogP contribution in [0.5, 0.6) is 0 Å². The molecule has 1 saturated heterocycles. The van der Waals surface area contributed by atoms with Gasteiger partial charge in [-0.2, -0.15) is 10.2 Å². The van der Waals surface area contributed by atoms with Crippen molar-refractivity contribution in [2.75, 3.05) is 38.2 Å². The van der Waals surface area contributed by atoms with Crippen LogP contribution in [0.15, 0.2) is 59.0 Å². The van der Waals surface area contributed by atoms with Crippen LogP contribution in [0.3, 0.4) is 0 Å². The van der Waals surface area contributed by atoms with Gasteiger partial charge in [-0.1, -0.05) is 48.0 Å². The number of nitriles is 1. The molecule has 2 heterocycles. The highest BCUT2D eigenvalue weighted by Gasteiger charge is 2.24. The van der Waals surface area contributed by atoms with E-state index in [1.165, 1.54) is 5.56 Å². The molecular weight excluding hydrogens is 364 g/mol. The first kappa shape index (κ1) is 19.2. The monoisotopic (exact) mass is 388 g/mol. The summed E-state index contributed by atoms with van der Waals surface area (Å²) in [5, 5.41) is 12.8. The molecule has 1 N–H and O–H groups in total. The normalized spacial score (nSPS) is 15.6. The lowest BCUT2D eigenvalue weighted by atomic mass is 10.0. The van der Waals surface area contributed by atoms with Crippen LogP contribution in [0.1, 0.15) is 22.9 Å². The Morgan fingerprint density at radius 2 is 1.83 bits per heavy atom. The first-order valence-corrected chi connectivity index (χ1v) is 9.83. The number of ether oxygens (including phenoxy) is 1. The Kier molecular flexibility index (Phi) is 5.89. The van der Waals surface area contributed by atoms with E-state index < -0.39 is 0 Å². The highest BCUT2D eigenvalue weighted by molar-refractivity contribution is 5.59. The molecule has 1 aromatic heterocycles. The third-order valence-corrected chi connectivity index (χ3v) is 5.16. The van der Waals surface area contributed by atoms with E-state index in [9.17, 15) is 5.26 Å². The Labute approximate surface area is 170 Å². The molecule has 6 heteroatoms. The Balaban J connectivity index is 1.55. The SMILES string of the molecule is Cc1ccc(-c2nc(C#N)c(NC[C@@H](c3ccccc3)N3CCOCC3)o2)cc1. The maximum Gasteiger partial charge on any atom is 0.232 e. The average molecular weight is 388 g/mol. The van der Waals surface area contributed by atoms with Gasteiger partial charge in [0, 0.05) is 25.2 Å². The highest BCUT2D eigenvalue weighted by atomic mass is 16.5. The van der Waals surface area contributed by atoms with Crippen LogP contribution < -0.4 is 5.32 Å². The summed E-state index contributed by atoms with van der Waals surface area (Å²) in [6, 6.07) is 20.6. The molecule has 0 saturated carbocycles. The fourth-order valence-electron chi connectivity index (χ4n) is 3.55. The van der Waals surface area contributed by atoms with Crippen molar-refractivity contribution in [1.82, 2.24) is 9.88 Å². The number of anilines is 1. The van der Waals surface area contributed by atoms with Gasteiger partial charge in [0.15, 0.2) is 0 Å². The van der Waals surface area contributed by atoms with Gasteiger partial charge in [-0.15, -0.1) is 0 Å². The number of hydrogen-bond acceptors (Lipinski definition) is 6. The molecule has 0 amide bonds. The molecular formula is C23H24N4O2. The zero-order valence-electron chi connectivity index (χ0n) is 16.5. The summed E-state index contributed by atoms with van der Waals surface area (Å²) in [4.78, 5) is 6.77. The Hall–Kier alpha value is -3.14. The Bertz CT molecular complexity index is 970. The van der Waals surface area contributed by atoms with E-state index in [2.05, 4.69) is 33.4 Å². The Morgan fingerprint density at radius 3 is 2.52 bits per heavy atom. The number of aryl methyl sites for hydroxylation is 1. The molecule has 2 aromatic carbocycles. The van der Waals surface area contributed by atoms with Gasteiger partial charge in [-0.05, 0) is 24.6 Å². The van der Waals surface area contributed by atoms with E-state index in [0.29, 0.717) is 18.3 Å². The topological polar surface area (TPSA) is 74.3 Å². The standard InChI is InChI=1S/C23H24N4O2/c1-17-7-9-19(10-8-17)22-26-20(15-24)23(29-22)25-16-21(18-5-3-2-4-6-18)27-11-13-28-14-12-27/h2-10,21,25H,11-14,16H2,1H3/t21-/m0/s1. The van der Waals surface area contributed by atoms with Crippen LogP contribution in [0.2, 0.25) is 0 Å². The third kappa shape index (κ3) is 4.48. The van der Waals surface area contributed by atoms with Crippen LogP contribution in [0.25, 0.3) is 11.5 Å². The number of oxazole rings is 1. The van der Waals surface area contributed by atoms with Crippen LogP contribution in [-0.4, -0.2) is 42.7 Å². The summed E-state index contributed by atoms with van der Waals surface area (Å²) < 4.78 is 11.4. The summed E-state index contributed by atoms with van der Waals surface area (Å²) in [7, 11) is 0. The minimum Gasteiger partial charge on any atom is -0.419 e. The second-order valence-electron chi connectivity index (χ2n) is 7.13. The molecule has 0 unspecified atom stereocenters. The first-order chi connectivity index (χ1) is 14.2. The highest BCUT2D eigenvalue weighted by Crippen LogP contribution is 2.28. The summed E-state index contributed by atoms with van der Waals surface area (Å²) in [6.07, 6.45) is 0. The zero-order chi connectivity index (χ0) is 20.1. The van der Waals surface area contributed by atoms with E-state index in [4.69, 9.17) is 9.15 Å². The second kappa shape index (κ2) is 8.91. The Morgan fingerprint density at radius 1 is 1.10 bits per heavy atom. The lowest BCUT2D eigenvalue weighted by molar-refractivity contribution is 0.0186. The molecule has 3 aromatic rings. The van der Waals surface area contributed by atoms with Crippen molar-refractivity contribution in [3.63, 3.8) is 0 Å². The number of benzene rings is 2. The van der Waals surface area contributed by atoms with Gasteiger partial charge >= 0.3 is 0 Å². The minimum absolute atomic E-state index is 0.152. The van der Waals surface area contributed by atoms with Crippen molar-refractivity contribution >= 4 is 5.88 Å². The quantitative estimate of drug-likeness (QED) is 0.688. The smallest absolute Gasteiger partial charge is 0.232 e. The van der Waals surface area contributed by atoms with Crippen molar-refractivity contribution < 1.29 is 9.15 Å². The van der Waals surface area contributed by atoms with Crippen molar-refractivity contribution in [3.05, 3.63) is 71.4 Å². The van der Waals surface area contributed by atoms with Gasteiger partial charge < -0.3 is 14.5 Å². The van der Waals surface area contributed by atoms with E-state index in [-0.39, 0.29) is 11.7 Å². The van der Waals surface area contributed by atoms with E-state index in [1.807, 2.05) is 49.4 Å². The number of nitrogens with one attached hydrogen (secondary N) is 1. The third-order valence-electron chi connectivity index (χ3n) is 5.16. The zero-order valence-corrected chi connectivity index (χ0v) is 16.5. The van der Waals surface area contributed by atoms with Gasteiger partial charge in [0.05, 0.1) is 19.3 Å². The maximum absolute atomic E-state index is 9.51. The van der Waals surface area contributed by atoms with E-state index in [0.717, 1.165) is 37.4 Å². The molecule has 1 atom stereocenters. The van der Waals surface area contributed by atoms with Gasteiger partial charge in [-0.3, -0.25) is 4.90 Å². The molecule has 0 bridgehead atoms. The predicted molar refractivity (Wildman–Crippen MR) is 111 cm³/mol. The van der Waals surface area contributed by atoms with Crippen LogP contribution in [-0.2, 0) is 4.74 Å². The van der Waals surface area contributed by atoms with Gasteiger partial charge in [-0.25, -0.2) is 0 Å². The van der Waals surface area contributed by atoms with Gasteiger partial charge in [0.1, 0.15) is 6.07 Å². The molecule has 29 heavy (non-hydrogen) atoms. The minimum atomic E-state index is 0.152. The number of rotatable bonds is 6. The van der Waals surface area contributed by atoms with E-state index in [1.54, 1.807) is 0 Å².